The molecule has 8 atom stereocenters. The molecule has 0 amide bonds. The number of hydrogen-bond acceptors (Lipinski definition) is 4. The van der Waals surface area contributed by atoms with Gasteiger partial charge in [0.15, 0.2) is 0 Å². The van der Waals surface area contributed by atoms with Gasteiger partial charge in [0.2, 0.25) is 0 Å². The maximum absolute atomic E-state index is 12.0. The minimum Gasteiger partial charge on any atom is -0.465 e. The first kappa shape index (κ1) is 30.5. The van der Waals surface area contributed by atoms with Crippen molar-refractivity contribution < 1.29 is 9.53 Å². The van der Waals surface area contributed by atoms with Gasteiger partial charge >= 0.3 is 5.97 Å². The van der Waals surface area contributed by atoms with Crippen LogP contribution in [0, 0.1) is 39.9 Å². The van der Waals surface area contributed by atoms with Crippen molar-refractivity contribution in [3.05, 3.63) is 53.6 Å². The van der Waals surface area contributed by atoms with Crippen LogP contribution in [-0.4, -0.2) is 24.2 Å². The molecule has 2 unspecified atom stereocenters. The third-order valence-electron chi connectivity index (χ3n) is 13.4. The van der Waals surface area contributed by atoms with E-state index in [2.05, 4.69) is 66.3 Å². The molecule has 226 valence electrons. The summed E-state index contributed by atoms with van der Waals surface area (Å²) in [6.07, 6.45) is 13.8. The van der Waals surface area contributed by atoms with E-state index in [-0.39, 0.29) is 33.3 Å². The maximum Gasteiger partial charge on any atom is 0.337 e. The molecular weight excluding hydrogens is 504 g/mol. The van der Waals surface area contributed by atoms with Crippen molar-refractivity contribution in [2.24, 2.45) is 51.4 Å². The highest BCUT2D eigenvalue weighted by Crippen LogP contribution is 2.70. The Kier molecular flexibility index (Phi) is 7.72. The molecule has 41 heavy (non-hydrogen) atoms. The number of allylic oxidation sites excluding steroid dienone is 3. The van der Waals surface area contributed by atoms with Gasteiger partial charge in [-0.15, -0.1) is 0 Å². The summed E-state index contributed by atoms with van der Waals surface area (Å²) in [6.45, 7) is 19.0. The fraction of sp³-hybridized carbons (Fsp3) is 0.703. The molecule has 1 aromatic carbocycles. The van der Waals surface area contributed by atoms with Crippen LogP contribution in [0.15, 0.2) is 42.5 Å². The molecule has 4 N–H and O–H groups in total. The van der Waals surface area contributed by atoms with E-state index in [0.717, 1.165) is 32.1 Å². The number of methoxy groups -OCH3 is 1. The first-order valence-electron chi connectivity index (χ1n) is 16.3. The van der Waals surface area contributed by atoms with Gasteiger partial charge in [-0.05, 0) is 128 Å². The molecule has 0 spiro atoms. The van der Waals surface area contributed by atoms with Crippen molar-refractivity contribution in [1.29, 1.82) is 0 Å². The number of ether oxygens (including phenoxy) is 1. The van der Waals surface area contributed by atoms with Gasteiger partial charge in [0, 0.05) is 11.1 Å². The van der Waals surface area contributed by atoms with Crippen molar-refractivity contribution >= 4 is 11.5 Å². The number of hydrogen-bond donors (Lipinski definition) is 2. The van der Waals surface area contributed by atoms with Crippen molar-refractivity contribution in [1.82, 2.24) is 0 Å². The molecule has 4 aliphatic rings. The smallest absolute Gasteiger partial charge is 0.337 e. The molecule has 0 radical (unpaired) electrons. The molecule has 4 nitrogen and oxygen atoms in total. The van der Waals surface area contributed by atoms with Crippen LogP contribution in [-0.2, 0) is 4.74 Å². The van der Waals surface area contributed by atoms with Gasteiger partial charge in [0.1, 0.15) is 0 Å². The molecule has 4 heteroatoms. The number of nitrogens with two attached hydrogens (primary N) is 2. The summed E-state index contributed by atoms with van der Waals surface area (Å²) < 4.78 is 4.93. The van der Waals surface area contributed by atoms with E-state index < -0.39 is 0 Å². The molecule has 0 aromatic heterocycles. The maximum atomic E-state index is 12.0. The highest BCUT2D eigenvalue weighted by molar-refractivity contribution is 5.89. The topological polar surface area (TPSA) is 78.3 Å². The van der Waals surface area contributed by atoms with E-state index in [1.165, 1.54) is 55.9 Å². The Balaban J connectivity index is 1.50. The second kappa shape index (κ2) is 10.4. The lowest BCUT2D eigenvalue weighted by Gasteiger charge is -2.67. The van der Waals surface area contributed by atoms with Crippen LogP contribution in [0.2, 0.25) is 0 Å². The molecule has 5 rings (SSSR count). The first-order chi connectivity index (χ1) is 19.2. The molecular formula is C37H56N2O2. The average Bonchev–Trinajstić information content (AvgIpc) is 3.27. The Bertz CT molecular complexity index is 1220. The number of fused-ring (bicyclic) bond motifs is 2. The fourth-order valence-corrected chi connectivity index (χ4v) is 11.0. The van der Waals surface area contributed by atoms with Crippen molar-refractivity contribution in [3.63, 3.8) is 0 Å². The quantitative estimate of drug-likeness (QED) is 0.271. The second-order valence-electron chi connectivity index (χ2n) is 15.7. The zero-order valence-electron chi connectivity index (χ0n) is 26.9. The van der Waals surface area contributed by atoms with E-state index in [1.54, 1.807) is 0 Å². The van der Waals surface area contributed by atoms with Gasteiger partial charge in [-0.25, -0.2) is 4.79 Å². The van der Waals surface area contributed by atoms with Crippen molar-refractivity contribution in [2.75, 3.05) is 7.11 Å². The number of rotatable bonds is 6. The van der Waals surface area contributed by atoms with E-state index in [1.807, 2.05) is 12.1 Å². The third-order valence-corrected chi connectivity index (χ3v) is 13.4. The molecule has 4 aliphatic carbocycles. The Morgan fingerprint density at radius 1 is 1.02 bits per heavy atom. The molecule has 1 aromatic rings. The van der Waals surface area contributed by atoms with Gasteiger partial charge < -0.3 is 16.2 Å². The van der Waals surface area contributed by atoms with Crippen LogP contribution in [0.5, 0.6) is 0 Å². The summed E-state index contributed by atoms with van der Waals surface area (Å²) >= 11 is 0. The van der Waals surface area contributed by atoms with Gasteiger partial charge in [-0.3, -0.25) is 0 Å². The van der Waals surface area contributed by atoms with E-state index in [4.69, 9.17) is 16.2 Å². The first-order valence-corrected chi connectivity index (χ1v) is 16.3. The Labute approximate surface area is 249 Å². The van der Waals surface area contributed by atoms with Crippen LogP contribution in [0.1, 0.15) is 122 Å². The van der Waals surface area contributed by atoms with E-state index in [9.17, 15) is 4.79 Å². The summed E-state index contributed by atoms with van der Waals surface area (Å²) in [5.74, 6) is 1.79. The Morgan fingerprint density at radius 3 is 2.32 bits per heavy atom. The summed E-state index contributed by atoms with van der Waals surface area (Å²) in [4.78, 5) is 12.0. The monoisotopic (exact) mass is 560 g/mol. The van der Waals surface area contributed by atoms with Crippen molar-refractivity contribution in [3.8, 4) is 0 Å². The van der Waals surface area contributed by atoms with Gasteiger partial charge in [0.25, 0.3) is 0 Å². The normalized spacial score (nSPS) is 41.6. The van der Waals surface area contributed by atoms with Crippen LogP contribution < -0.4 is 11.5 Å². The lowest BCUT2D eigenvalue weighted by molar-refractivity contribution is -0.139. The highest BCUT2D eigenvalue weighted by atomic mass is 16.5. The average molecular weight is 561 g/mol. The van der Waals surface area contributed by atoms with Gasteiger partial charge in [0.05, 0.1) is 12.7 Å². The molecule has 3 saturated carbocycles. The lowest BCUT2D eigenvalue weighted by atomic mass is 9.38. The molecule has 0 bridgehead atoms. The van der Waals surface area contributed by atoms with Crippen LogP contribution in [0.25, 0.3) is 5.57 Å². The summed E-state index contributed by atoms with van der Waals surface area (Å²) in [5.41, 5.74) is 19.4. The summed E-state index contributed by atoms with van der Waals surface area (Å²) in [5, 5.41) is 0. The zero-order valence-corrected chi connectivity index (χ0v) is 26.9. The Morgan fingerprint density at radius 2 is 1.71 bits per heavy atom. The fourth-order valence-electron chi connectivity index (χ4n) is 11.0. The number of carbonyl (C=O) groups excluding carboxylic acids is 1. The number of carbonyl (C=O) groups is 1. The van der Waals surface area contributed by atoms with Crippen LogP contribution in [0.4, 0.5) is 0 Å². The zero-order chi connectivity index (χ0) is 30.0. The predicted octanol–water partition coefficient (Wildman–Crippen LogP) is 8.31. The SMILES string of the molecule is C=C(C)C1CCC2(N)CC[C@@](N)([C@]3(C)CC[C@H]4C(C)(C)C(c5ccc(C(=O)OC)cc5)=CC[C@]4(C)[C@H]3CCC)C[C@@H]12. The van der Waals surface area contributed by atoms with E-state index in [0.29, 0.717) is 29.2 Å². The molecule has 0 aliphatic heterocycles. The van der Waals surface area contributed by atoms with Crippen molar-refractivity contribution in [2.45, 2.75) is 117 Å². The van der Waals surface area contributed by atoms with Crippen LogP contribution >= 0.6 is 0 Å². The predicted molar refractivity (Wildman–Crippen MR) is 170 cm³/mol. The highest BCUT2D eigenvalue weighted by Gasteiger charge is 2.65. The lowest BCUT2D eigenvalue weighted by Crippen LogP contribution is -2.68. The number of benzene rings is 1. The standard InChI is InChI=1S/C37H56N2O2/c1-9-10-31-34(6)18-16-28(25-11-13-26(14-12-25)32(40)41-8)33(4,5)30(34)17-19-35(31,7)37(39)22-21-36(38)20-15-27(24(2)3)29(36)23-37/h11-14,16,27,29-31H,2,9-10,15,17-23,38-39H2,1,3-8H3/t27?,29-,30-,31+,34-,35+,36?,37-/m0/s1. The van der Waals surface area contributed by atoms with Crippen LogP contribution in [0.3, 0.4) is 0 Å². The molecule has 0 heterocycles. The van der Waals surface area contributed by atoms with E-state index >= 15 is 0 Å². The largest absolute Gasteiger partial charge is 0.465 e. The van der Waals surface area contributed by atoms with Gasteiger partial charge in [-0.1, -0.05) is 71.4 Å². The Hall–Kier alpha value is -1.91. The minimum absolute atomic E-state index is 0.0182. The summed E-state index contributed by atoms with van der Waals surface area (Å²) in [6, 6.07) is 8.02. The molecule has 3 fully saturated rings. The van der Waals surface area contributed by atoms with Gasteiger partial charge in [-0.2, -0.15) is 0 Å². The third kappa shape index (κ3) is 4.58. The second-order valence-corrected chi connectivity index (χ2v) is 15.7. The number of esters is 1. The summed E-state index contributed by atoms with van der Waals surface area (Å²) in [7, 11) is 1.44. The minimum atomic E-state index is -0.285. The molecule has 0 saturated heterocycles.